The van der Waals surface area contributed by atoms with Crippen LogP contribution in [0.2, 0.25) is 0 Å². The third kappa shape index (κ3) is 7.09. The van der Waals surface area contributed by atoms with Crippen LogP contribution in [-0.2, 0) is 0 Å². The van der Waals surface area contributed by atoms with Crippen LogP contribution in [0.25, 0.3) is 56.4 Å². The van der Waals surface area contributed by atoms with E-state index in [1.54, 1.807) is 0 Å². The summed E-state index contributed by atoms with van der Waals surface area (Å²) in [6.07, 6.45) is -0.180. The van der Waals surface area contributed by atoms with Crippen molar-refractivity contribution in [2.24, 2.45) is 9.98 Å². The second-order valence-corrected chi connectivity index (χ2v) is 13.4. The highest BCUT2D eigenvalue weighted by atomic mass is 15.3. The molecule has 1 aromatic heterocycles. The Morgan fingerprint density at radius 2 is 0.673 bits per heavy atom. The van der Waals surface area contributed by atoms with Crippen molar-refractivity contribution < 1.29 is 0 Å². The molecule has 55 heavy (non-hydrogen) atoms. The SMILES string of the molecule is CN1C(c2ccc(-c3ccc(-c4ccc(-c5nc(-c6ccccc6)nc(-c6ccccc6)n5)cc4)cc3)cc2)=NC(c2ccccc2)=NC1c1ccccc1. The summed E-state index contributed by atoms with van der Waals surface area (Å²) in [6.45, 7) is 0. The molecule has 0 N–H and O–H groups in total. The summed E-state index contributed by atoms with van der Waals surface area (Å²) >= 11 is 0. The Balaban J connectivity index is 0.959. The first-order valence-corrected chi connectivity index (χ1v) is 18.3. The highest BCUT2D eigenvalue weighted by Gasteiger charge is 2.26. The largest absolute Gasteiger partial charge is 0.333 e. The molecule has 1 aliphatic rings. The van der Waals surface area contributed by atoms with Crippen molar-refractivity contribution in [1.82, 2.24) is 19.9 Å². The number of aromatic nitrogens is 3. The predicted octanol–water partition coefficient (Wildman–Crippen LogP) is 11.0. The second-order valence-electron chi connectivity index (χ2n) is 13.4. The van der Waals surface area contributed by atoms with Gasteiger partial charge >= 0.3 is 0 Å². The lowest BCUT2D eigenvalue weighted by Gasteiger charge is -2.32. The van der Waals surface area contributed by atoms with Gasteiger partial charge in [0.15, 0.2) is 23.3 Å². The normalized spacial score (nSPS) is 13.9. The molecule has 1 aliphatic heterocycles. The molecule has 0 aliphatic carbocycles. The van der Waals surface area contributed by atoms with Crippen molar-refractivity contribution in [2.45, 2.75) is 6.17 Å². The van der Waals surface area contributed by atoms with E-state index in [1.165, 1.54) is 0 Å². The van der Waals surface area contributed by atoms with Crippen molar-refractivity contribution in [3.05, 3.63) is 211 Å². The van der Waals surface area contributed by atoms with Crippen molar-refractivity contribution in [3.63, 3.8) is 0 Å². The monoisotopic (exact) mass is 708 g/mol. The van der Waals surface area contributed by atoms with Gasteiger partial charge in [0.05, 0.1) is 0 Å². The maximum Gasteiger partial charge on any atom is 0.164 e. The zero-order valence-electron chi connectivity index (χ0n) is 30.2. The summed E-state index contributed by atoms with van der Waals surface area (Å²) in [6, 6.07) is 66.5. The van der Waals surface area contributed by atoms with E-state index in [4.69, 9.17) is 24.9 Å². The molecule has 0 saturated heterocycles. The van der Waals surface area contributed by atoms with Crippen LogP contribution < -0.4 is 0 Å². The molecule has 1 unspecified atom stereocenters. The summed E-state index contributed by atoms with van der Waals surface area (Å²) in [5.74, 6) is 3.56. The number of aliphatic imine (C=N–C) groups is 2. The zero-order chi connectivity index (χ0) is 37.0. The lowest BCUT2D eigenvalue weighted by Crippen LogP contribution is -2.35. The van der Waals surface area contributed by atoms with Gasteiger partial charge in [-0.05, 0) is 27.8 Å². The molecule has 2 heterocycles. The molecule has 0 saturated carbocycles. The average Bonchev–Trinajstić information content (AvgIpc) is 3.28. The Hall–Kier alpha value is -7.31. The molecule has 0 radical (unpaired) electrons. The second kappa shape index (κ2) is 15.0. The van der Waals surface area contributed by atoms with E-state index < -0.39 is 0 Å². The van der Waals surface area contributed by atoms with E-state index in [0.717, 1.165) is 67.3 Å². The number of hydrogen-bond donors (Lipinski definition) is 0. The van der Waals surface area contributed by atoms with Crippen LogP contribution in [0.3, 0.4) is 0 Å². The van der Waals surface area contributed by atoms with Gasteiger partial charge in [-0.3, -0.25) is 0 Å². The Labute approximate surface area is 320 Å². The Kier molecular flexibility index (Phi) is 9.12. The number of amidine groups is 2. The molecule has 1 atom stereocenters. The molecular weight excluding hydrogens is 673 g/mol. The average molecular weight is 709 g/mol. The molecule has 6 nitrogen and oxygen atoms in total. The fourth-order valence-electron chi connectivity index (χ4n) is 6.86. The van der Waals surface area contributed by atoms with E-state index in [1.807, 2.05) is 84.9 Å². The van der Waals surface area contributed by atoms with Crippen molar-refractivity contribution in [2.75, 3.05) is 7.05 Å². The van der Waals surface area contributed by atoms with Gasteiger partial charge in [0, 0.05) is 34.9 Å². The van der Waals surface area contributed by atoms with Gasteiger partial charge in [-0.2, -0.15) is 0 Å². The molecule has 0 fully saturated rings. The van der Waals surface area contributed by atoms with Crippen LogP contribution in [0.1, 0.15) is 22.9 Å². The van der Waals surface area contributed by atoms with Crippen LogP contribution in [-0.4, -0.2) is 38.6 Å². The molecule has 0 spiro atoms. The van der Waals surface area contributed by atoms with Gasteiger partial charge in [0.2, 0.25) is 0 Å². The minimum atomic E-state index is -0.180. The molecular formula is C49H36N6. The molecule has 0 amide bonds. The van der Waals surface area contributed by atoms with E-state index >= 15 is 0 Å². The Bertz CT molecular complexity index is 2550. The summed E-state index contributed by atoms with van der Waals surface area (Å²) in [4.78, 5) is 26.9. The summed E-state index contributed by atoms with van der Waals surface area (Å²) < 4.78 is 0. The van der Waals surface area contributed by atoms with Crippen LogP contribution in [0.15, 0.2) is 204 Å². The number of benzene rings is 7. The third-order valence-corrected chi connectivity index (χ3v) is 9.82. The molecule has 8 aromatic rings. The molecule has 7 aromatic carbocycles. The zero-order valence-corrected chi connectivity index (χ0v) is 30.2. The van der Waals surface area contributed by atoms with Crippen LogP contribution in [0.4, 0.5) is 0 Å². The predicted molar refractivity (Wildman–Crippen MR) is 223 cm³/mol. The van der Waals surface area contributed by atoms with Gasteiger partial charge in [-0.1, -0.05) is 194 Å². The number of hydrogen-bond acceptors (Lipinski definition) is 6. The summed E-state index contributed by atoms with van der Waals surface area (Å²) in [7, 11) is 2.06. The molecule has 9 rings (SSSR count). The lowest BCUT2D eigenvalue weighted by atomic mass is 9.98. The van der Waals surface area contributed by atoms with Crippen LogP contribution in [0.5, 0.6) is 0 Å². The Morgan fingerprint density at radius 3 is 1.09 bits per heavy atom. The molecule has 6 heteroatoms. The molecule has 262 valence electrons. The number of nitrogens with zero attached hydrogens (tertiary/aromatic N) is 6. The standard InChI is InChI=1S/C49H36N6/c1-55-48(42-20-12-5-13-21-42)53-47(40-18-10-4-11-19-40)54-49(55)43-32-28-37(29-33-43)35-24-22-34(23-25-35)36-26-30-41(31-27-36)46-51-44(38-14-6-2-7-15-38)50-45(52-46)39-16-8-3-9-17-39/h2-33,48H,1H3. The first-order chi connectivity index (χ1) is 27.2. The highest BCUT2D eigenvalue weighted by molar-refractivity contribution is 6.13. The third-order valence-electron chi connectivity index (χ3n) is 9.82. The van der Waals surface area contributed by atoms with E-state index in [9.17, 15) is 0 Å². The first kappa shape index (κ1) is 33.5. The first-order valence-electron chi connectivity index (χ1n) is 18.3. The fourth-order valence-corrected chi connectivity index (χ4v) is 6.86. The van der Waals surface area contributed by atoms with Crippen LogP contribution in [0, 0.1) is 0 Å². The van der Waals surface area contributed by atoms with Gasteiger partial charge in [0.25, 0.3) is 0 Å². The van der Waals surface area contributed by atoms with E-state index in [0.29, 0.717) is 17.5 Å². The van der Waals surface area contributed by atoms with E-state index in [-0.39, 0.29) is 6.17 Å². The highest BCUT2D eigenvalue weighted by Crippen LogP contribution is 2.31. The fraction of sp³-hybridized carbons (Fsp3) is 0.0408. The maximum atomic E-state index is 5.07. The summed E-state index contributed by atoms with van der Waals surface area (Å²) in [5, 5.41) is 0. The van der Waals surface area contributed by atoms with Crippen molar-refractivity contribution in [3.8, 4) is 56.4 Å². The van der Waals surface area contributed by atoms with Gasteiger partial charge in [0.1, 0.15) is 12.0 Å². The topological polar surface area (TPSA) is 66.6 Å². The van der Waals surface area contributed by atoms with Gasteiger partial charge in [-0.15, -0.1) is 0 Å². The van der Waals surface area contributed by atoms with Crippen LogP contribution >= 0.6 is 0 Å². The lowest BCUT2D eigenvalue weighted by molar-refractivity contribution is 0.383. The van der Waals surface area contributed by atoms with Crippen molar-refractivity contribution >= 4 is 11.7 Å². The molecule has 0 bridgehead atoms. The maximum absolute atomic E-state index is 5.07. The minimum Gasteiger partial charge on any atom is -0.333 e. The quantitative estimate of drug-likeness (QED) is 0.158. The van der Waals surface area contributed by atoms with Crippen molar-refractivity contribution in [1.29, 1.82) is 0 Å². The smallest absolute Gasteiger partial charge is 0.164 e. The van der Waals surface area contributed by atoms with E-state index in [2.05, 4.69) is 121 Å². The Morgan fingerprint density at radius 1 is 0.345 bits per heavy atom. The van der Waals surface area contributed by atoms with Gasteiger partial charge in [-0.25, -0.2) is 24.9 Å². The summed E-state index contributed by atoms with van der Waals surface area (Å²) in [5.41, 5.74) is 10.5. The van der Waals surface area contributed by atoms with Gasteiger partial charge < -0.3 is 4.90 Å². The number of rotatable bonds is 8. The minimum absolute atomic E-state index is 0.180.